The molecule has 4 nitrogen and oxygen atoms in total. The van der Waals surface area contributed by atoms with Gasteiger partial charge in [-0.15, -0.1) is 0 Å². The molecule has 4 heteroatoms. The minimum Gasteiger partial charge on any atom is -0.508 e. The van der Waals surface area contributed by atoms with E-state index in [0.717, 1.165) is 47.8 Å². The van der Waals surface area contributed by atoms with Crippen LogP contribution < -0.4 is 0 Å². The van der Waals surface area contributed by atoms with Crippen LogP contribution in [0.2, 0.25) is 0 Å². The van der Waals surface area contributed by atoms with Crippen LogP contribution >= 0.6 is 0 Å². The molecule has 0 fully saturated rings. The molecular weight excluding hydrogens is 262 g/mol. The molecule has 0 bridgehead atoms. The normalized spacial score (nSPS) is 11.1. The van der Waals surface area contributed by atoms with Gasteiger partial charge in [0, 0.05) is 23.9 Å². The van der Waals surface area contributed by atoms with Gasteiger partial charge < -0.3 is 5.11 Å². The van der Waals surface area contributed by atoms with Gasteiger partial charge in [-0.1, -0.05) is 13.8 Å². The van der Waals surface area contributed by atoms with Gasteiger partial charge in [-0.2, -0.15) is 0 Å². The Kier molecular flexibility index (Phi) is 4.91. The fourth-order valence-corrected chi connectivity index (χ4v) is 2.36. The Morgan fingerprint density at radius 1 is 1.14 bits per heavy atom. The minimum atomic E-state index is 0.337. The second-order valence-electron chi connectivity index (χ2n) is 5.25. The van der Waals surface area contributed by atoms with E-state index in [1.807, 2.05) is 26.0 Å². The van der Waals surface area contributed by atoms with Crippen LogP contribution in [0.5, 0.6) is 5.75 Å². The summed E-state index contributed by atoms with van der Waals surface area (Å²) in [5.74, 6) is 0.337. The number of hydrogen-bond donors (Lipinski definition) is 1. The van der Waals surface area contributed by atoms with Crippen LogP contribution in [0.4, 0.5) is 0 Å². The van der Waals surface area contributed by atoms with Gasteiger partial charge in [-0.3, -0.25) is 9.88 Å². The molecule has 0 radical (unpaired) electrons. The molecule has 21 heavy (non-hydrogen) atoms. The fourth-order valence-electron chi connectivity index (χ4n) is 2.36. The van der Waals surface area contributed by atoms with Gasteiger partial charge in [0.1, 0.15) is 5.75 Å². The highest BCUT2D eigenvalue weighted by atomic mass is 16.3. The Morgan fingerprint density at radius 3 is 2.52 bits per heavy atom. The molecule has 0 saturated carbocycles. The summed E-state index contributed by atoms with van der Waals surface area (Å²) < 4.78 is 0. The third-order valence-electron chi connectivity index (χ3n) is 3.72. The zero-order valence-electron chi connectivity index (χ0n) is 13.2. The van der Waals surface area contributed by atoms with Crippen LogP contribution in [0.3, 0.4) is 0 Å². The van der Waals surface area contributed by atoms with Gasteiger partial charge in [0.25, 0.3) is 0 Å². The number of aromatic nitrogens is 2. The van der Waals surface area contributed by atoms with Crippen molar-refractivity contribution in [3.05, 3.63) is 41.3 Å². The van der Waals surface area contributed by atoms with Gasteiger partial charge in [0.2, 0.25) is 0 Å². The lowest BCUT2D eigenvalue weighted by Gasteiger charge is -2.19. The lowest BCUT2D eigenvalue weighted by atomic mass is 10.0. The largest absolute Gasteiger partial charge is 0.508 e. The first kappa shape index (κ1) is 15.4. The number of aromatic hydroxyl groups is 1. The average Bonchev–Trinajstić information content (AvgIpc) is 2.49. The van der Waals surface area contributed by atoms with Crippen LogP contribution in [-0.4, -0.2) is 33.1 Å². The second kappa shape index (κ2) is 6.68. The maximum absolute atomic E-state index is 10.1. The molecule has 1 N–H and O–H groups in total. The average molecular weight is 285 g/mol. The van der Waals surface area contributed by atoms with Crippen molar-refractivity contribution in [3.63, 3.8) is 0 Å². The van der Waals surface area contributed by atoms with Crippen molar-refractivity contribution in [2.75, 3.05) is 13.1 Å². The zero-order valence-corrected chi connectivity index (χ0v) is 13.2. The number of hydrogen-bond acceptors (Lipinski definition) is 4. The highest BCUT2D eigenvalue weighted by molar-refractivity contribution is 5.64. The van der Waals surface area contributed by atoms with Gasteiger partial charge in [0.15, 0.2) is 0 Å². The van der Waals surface area contributed by atoms with E-state index >= 15 is 0 Å². The topological polar surface area (TPSA) is 49.2 Å². The number of aryl methyl sites for hydroxylation is 2. The molecule has 0 amide bonds. The monoisotopic (exact) mass is 285 g/mol. The molecule has 0 aliphatic heterocycles. The third-order valence-corrected chi connectivity index (χ3v) is 3.72. The molecule has 112 valence electrons. The summed E-state index contributed by atoms with van der Waals surface area (Å²) in [7, 11) is 0. The quantitative estimate of drug-likeness (QED) is 0.915. The highest BCUT2D eigenvalue weighted by Crippen LogP contribution is 2.27. The predicted molar refractivity (Wildman–Crippen MR) is 85.2 cm³/mol. The Labute approximate surface area is 126 Å². The summed E-state index contributed by atoms with van der Waals surface area (Å²) in [5.41, 5.74) is 4.62. The number of phenolic OH excluding ortho intramolecular Hbond substituents is 1. The lowest BCUT2D eigenvalue weighted by molar-refractivity contribution is 0.291. The SMILES string of the molecule is CCN(CC)Cc1cc(-c2nc(C)cnc2C)ccc1O. The lowest BCUT2D eigenvalue weighted by Crippen LogP contribution is -2.22. The Balaban J connectivity index is 2.40. The summed E-state index contributed by atoms with van der Waals surface area (Å²) in [6.45, 7) is 10.8. The second-order valence-corrected chi connectivity index (χ2v) is 5.25. The van der Waals surface area contributed by atoms with E-state index in [4.69, 9.17) is 0 Å². The van der Waals surface area contributed by atoms with Gasteiger partial charge >= 0.3 is 0 Å². The predicted octanol–water partition coefficient (Wildman–Crippen LogP) is 3.31. The molecular formula is C17H23N3O. The smallest absolute Gasteiger partial charge is 0.120 e. The Hall–Kier alpha value is -1.94. The van der Waals surface area contributed by atoms with Crippen molar-refractivity contribution >= 4 is 0 Å². The maximum atomic E-state index is 10.1. The molecule has 0 atom stereocenters. The molecule has 1 aromatic heterocycles. The Morgan fingerprint density at radius 2 is 1.86 bits per heavy atom. The van der Waals surface area contributed by atoms with Crippen molar-refractivity contribution < 1.29 is 5.11 Å². The van der Waals surface area contributed by atoms with Crippen LogP contribution in [-0.2, 0) is 6.54 Å². The van der Waals surface area contributed by atoms with E-state index in [0.29, 0.717) is 5.75 Å². The van der Waals surface area contributed by atoms with Gasteiger partial charge in [-0.25, -0.2) is 4.98 Å². The van der Waals surface area contributed by atoms with Gasteiger partial charge in [0.05, 0.1) is 17.1 Å². The molecule has 0 aliphatic carbocycles. The summed E-state index contributed by atoms with van der Waals surface area (Å²) in [4.78, 5) is 11.2. The van der Waals surface area contributed by atoms with Crippen LogP contribution in [0, 0.1) is 13.8 Å². The van der Waals surface area contributed by atoms with E-state index in [-0.39, 0.29) is 0 Å². The zero-order chi connectivity index (χ0) is 15.4. The first-order valence-corrected chi connectivity index (χ1v) is 7.40. The minimum absolute atomic E-state index is 0.337. The van der Waals surface area contributed by atoms with Crippen molar-refractivity contribution in [1.29, 1.82) is 0 Å². The van der Waals surface area contributed by atoms with Crippen molar-refractivity contribution in [3.8, 4) is 17.0 Å². The molecule has 0 saturated heterocycles. The van der Waals surface area contributed by atoms with Crippen molar-refractivity contribution in [2.24, 2.45) is 0 Å². The van der Waals surface area contributed by atoms with E-state index in [2.05, 4.69) is 28.7 Å². The number of rotatable bonds is 5. The number of benzene rings is 1. The fraction of sp³-hybridized carbons (Fsp3) is 0.412. The maximum Gasteiger partial charge on any atom is 0.120 e. The Bertz CT molecular complexity index is 621. The first-order valence-electron chi connectivity index (χ1n) is 7.40. The van der Waals surface area contributed by atoms with E-state index in [9.17, 15) is 5.11 Å². The van der Waals surface area contributed by atoms with Crippen LogP contribution in [0.25, 0.3) is 11.3 Å². The van der Waals surface area contributed by atoms with E-state index in [1.54, 1.807) is 12.3 Å². The molecule has 2 aromatic rings. The summed E-state index contributed by atoms with van der Waals surface area (Å²) in [6.07, 6.45) is 1.77. The molecule has 1 heterocycles. The standard InChI is InChI=1S/C17H23N3O/c1-5-20(6-2)11-15-9-14(7-8-16(15)21)17-13(4)18-10-12(3)19-17/h7-10,21H,5-6,11H2,1-4H3. The number of phenols is 1. The molecule has 0 spiro atoms. The molecule has 1 aromatic carbocycles. The van der Waals surface area contributed by atoms with E-state index < -0.39 is 0 Å². The van der Waals surface area contributed by atoms with Crippen LogP contribution in [0.1, 0.15) is 30.8 Å². The third kappa shape index (κ3) is 3.58. The summed E-state index contributed by atoms with van der Waals surface area (Å²) in [5, 5.41) is 10.1. The summed E-state index contributed by atoms with van der Waals surface area (Å²) in [6, 6.07) is 5.67. The van der Waals surface area contributed by atoms with Crippen molar-refractivity contribution in [1.82, 2.24) is 14.9 Å². The van der Waals surface area contributed by atoms with Gasteiger partial charge in [-0.05, 0) is 45.1 Å². The summed E-state index contributed by atoms with van der Waals surface area (Å²) >= 11 is 0. The van der Waals surface area contributed by atoms with Crippen LogP contribution in [0.15, 0.2) is 24.4 Å². The molecule has 2 rings (SSSR count). The molecule has 0 aliphatic rings. The van der Waals surface area contributed by atoms with E-state index in [1.165, 1.54) is 0 Å². The first-order chi connectivity index (χ1) is 10.0. The molecule has 0 unspecified atom stereocenters. The van der Waals surface area contributed by atoms with Crippen molar-refractivity contribution in [2.45, 2.75) is 34.2 Å². The number of nitrogens with zero attached hydrogens (tertiary/aromatic N) is 3. The highest BCUT2D eigenvalue weighted by Gasteiger charge is 2.11.